The third-order valence-electron chi connectivity index (χ3n) is 4.50. The minimum absolute atomic E-state index is 0.154. The highest BCUT2D eigenvalue weighted by atomic mass is 32.2. The summed E-state index contributed by atoms with van der Waals surface area (Å²) in [5.41, 5.74) is 1.87. The van der Waals surface area contributed by atoms with Crippen molar-refractivity contribution in [3.8, 4) is 5.75 Å². The van der Waals surface area contributed by atoms with Crippen molar-refractivity contribution in [2.24, 2.45) is 0 Å². The second-order valence-corrected chi connectivity index (χ2v) is 8.41. The number of benzene rings is 3. The molecule has 32 heavy (non-hydrogen) atoms. The van der Waals surface area contributed by atoms with Crippen LogP contribution in [0.3, 0.4) is 0 Å². The van der Waals surface area contributed by atoms with Gasteiger partial charge in [0.1, 0.15) is 10.6 Å². The number of carboxylic acid groups (broad SMARTS) is 1. The Kier molecular flexibility index (Phi) is 6.73. The highest BCUT2D eigenvalue weighted by Crippen LogP contribution is 2.30. The van der Waals surface area contributed by atoms with Crippen LogP contribution in [0.1, 0.15) is 21.5 Å². The van der Waals surface area contributed by atoms with E-state index in [1.165, 1.54) is 30.3 Å². The molecular weight excluding hydrogens is 447 g/mol. The normalized spacial score (nSPS) is 11.7. The van der Waals surface area contributed by atoms with E-state index >= 15 is 0 Å². The number of halogens is 3. The van der Waals surface area contributed by atoms with Gasteiger partial charge in [-0.05, 0) is 54.3 Å². The maximum absolute atomic E-state index is 12.6. The predicted octanol–water partition coefficient (Wildman–Crippen LogP) is 4.87. The van der Waals surface area contributed by atoms with Crippen molar-refractivity contribution in [1.82, 2.24) is 0 Å². The molecule has 0 aliphatic rings. The minimum Gasteiger partial charge on any atom is -0.478 e. The van der Waals surface area contributed by atoms with Crippen molar-refractivity contribution in [3.63, 3.8) is 0 Å². The summed E-state index contributed by atoms with van der Waals surface area (Å²) in [6.07, 6.45) is -4.05. The van der Waals surface area contributed by atoms with Gasteiger partial charge in [0, 0.05) is 5.69 Å². The Morgan fingerprint density at radius 1 is 0.906 bits per heavy atom. The number of anilines is 1. The first kappa shape index (κ1) is 23.1. The highest BCUT2D eigenvalue weighted by Gasteiger charge is 2.34. The zero-order valence-electron chi connectivity index (χ0n) is 16.5. The first-order valence-corrected chi connectivity index (χ1v) is 10.8. The van der Waals surface area contributed by atoms with Crippen molar-refractivity contribution in [3.05, 3.63) is 89.5 Å². The molecule has 0 aromatic heterocycles. The molecule has 0 fully saturated rings. The molecule has 0 atom stereocenters. The summed E-state index contributed by atoms with van der Waals surface area (Å²) in [7, 11) is -4.34. The van der Waals surface area contributed by atoms with Crippen LogP contribution >= 0.6 is 0 Å². The van der Waals surface area contributed by atoms with Crippen molar-refractivity contribution >= 4 is 21.7 Å². The Bertz CT molecular complexity index is 1210. The van der Waals surface area contributed by atoms with Crippen molar-refractivity contribution in [1.29, 1.82) is 0 Å². The van der Waals surface area contributed by atoms with Crippen molar-refractivity contribution < 1.29 is 36.2 Å². The lowest BCUT2D eigenvalue weighted by Gasteiger charge is -2.14. The number of para-hydroxylation sites is 1. The van der Waals surface area contributed by atoms with Gasteiger partial charge in [0.25, 0.3) is 10.0 Å². The zero-order chi connectivity index (χ0) is 23.4. The Hall–Kier alpha value is -3.53. The van der Waals surface area contributed by atoms with Gasteiger partial charge in [-0.3, -0.25) is 4.72 Å². The van der Waals surface area contributed by atoms with Gasteiger partial charge < -0.3 is 9.84 Å². The van der Waals surface area contributed by atoms with Crippen LogP contribution in [0.25, 0.3) is 0 Å². The molecule has 3 aromatic rings. The average molecular weight is 465 g/mol. The average Bonchev–Trinajstić information content (AvgIpc) is 2.72. The van der Waals surface area contributed by atoms with Gasteiger partial charge in [0.2, 0.25) is 0 Å². The van der Waals surface area contributed by atoms with E-state index in [0.29, 0.717) is 18.4 Å². The van der Waals surface area contributed by atoms with Crippen LogP contribution in [0.4, 0.5) is 18.9 Å². The summed E-state index contributed by atoms with van der Waals surface area (Å²) in [5.74, 6) is -1.85. The quantitative estimate of drug-likeness (QED) is 0.495. The number of carbonyl (C=O) groups is 1. The molecule has 0 radical (unpaired) electrons. The molecule has 0 spiro atoms. The molecule has 2 N–H and O–H groups in total. The molecule has 0 aliphatic heterocycles. The minimum atomic E-state index is -5.04. The third kappa shape index (κ3) is 6.01. The van der Waals surface area contributed by atoms with Gasteiger partial charge in [0.05, 0.1) is 5.56 Å². The number of alkyl halides is 3. The molecule has 6 nitrogen and oxygen atoms in total. The number of aromatic carboxylic acids is 1. The number of hydrogen-bond donors (Lipinski definition) is 2. The summed E-state index contributed by atoms with van der Waals surface area (Å²) < 4.78 is 69.0. The second kappa shape index (κ2) is 9.31. The molecular formula is C22H18F3NO5S. The lowest BCUT2D eigenvalue weighted by molar-refractivity contribution is -0.275. The molecule has 0 aliphatic carbocycles. The number of sulfonamides is 1. The Morgan fingerprint density at radius 3 is 2.19 bits per heavy atom. The second-order valence-electron chi connectivity index (χ2n) is 6.76. The number of hydrogen-bond acceptors (Lipinski definition) is 4. The first-order valence-electron chi connectivity index (χ1n) is 9.33. The van der Waals surface area contributed by atoms with E-state index in [-0.39, 0.29) is 11.3 Å². The van der Waals surface area contributed by atoms with Gasteiger partial charge in [-0.2, -0.15) is 0 Å². The van der Waals surface area contributed by atoms with E-state index in [0.717, 1.165) is 17.7 Å². The van der Waals surface area contributed by atoms with Crippen LogP contribution in [0.2, 0.25) is 0 Å². The maximum atomic E-state index is 12.6. The standard InChI is InChI=1S/C22H18F3NO5S/c23-22(24,25)31-19-7-3-4-8-20(19)32(29,30)26-17-13-10-15(11-14-17)9-12-16-5-1-2-6-18(16)21(27)28/h1-8,10-11,13-14,26H,9,12H2,(H,27,28). The molecule has 3 rings (SSSR count). The molecule has 0 unspecified atom stereocenters. The third-order valence-corrected chi connectivity index (χ3v) is 5.92. The fraction of sp³-hybridized carbons (Fsp3) is 0.136. The van der Waals surface area contributed by atoms with E-state index in [2.05, 4.69) is 9.46 Å². The van der Waals surface area contributed by atoms with E-state index in [9.17, 15) is 31.5 Å². The Labute approximate surface area is 182 Å². The van der Waals surface area contributed by atoms with Crippen LogP contribution in [-0.4, -0.2) is 25.9 Å². The van der Waals surface area contributed by atoms with E-state index < -0.39 is 33.0 Å². The predicted molar refractivity (Wildman–Crippen MR) is 111 cm³/mol. The number of carboxylic acids is 1. The van der Waals surface area contributed by atoms with Crippen molar-refractivity contribution in [2.45, 2.75) is 24.1 Å². The fourth-order valence-electron chi connectivity index (χ4n) is 3.06. The van der Waals surface area contributed by atoms with Crippen LogP contribution in [0, 0.1) is 0 Å². The molecule has 0 amide bonds. The SMILES string of the molecule is O=C(O)c1ccccc1CCc1ccc(NS(=O)(=O)c2ccccc2OC(F)(F)F)cc1. The van der Waals surface area contributed by atoms with Gasteiger partial charge in [-0.1, -0.05) is 42.5 Å². The Balaban J connectivity index is 1.72. The topological polar surface area (TPSA) is 92.7 Å². The van der Waals surface area contributed by atoms with E-state index in [1.807, 2.05) is 0 Å². The van der Waals surface area contributed by atoms with Crippen LogP contribution in [-0.2, 0) is 22.9 Å². The number of ether oxygens (including phenoxy) is 1. The number of aryl methyl sites for hydroxylation is 2. The molecule has 0 heterocycles. The van der Waals surface area contributed by atoms with E-state index in [4.69, 9.17) is 0 Å². The zero-order valence-corrected chi connectivity index (χ0v) is 17.3. The summed E-state index contributed by atoms with van der Waals surface area (Å²) >= 11 is 0. The Morgan fingerprint density at radius 2 is 1.53 bits per heavy atom. The van der Waals surface area contributed by atoms with Crippen molar-refractivity contribution in [2.75, 3.05) is 4.72 Å². The largest absolute Gasteiger partial charge is 0.573 e. The fourth-order valence-corrected chi connectivity index (χ4v) is 4.25. The monoisotopic (exact) mass is 465 g/mol. The lowest BCUT2D eigenvalue weighted by Crippen LogP contribution is -2.20. The van der Waals surface area contributed by atoms with Gasteiger partial charge >= 0.3 is 12.3 Å². The van der Waals surface area contributed by atoms with Gasteiger partial charge in [0.15, 0.2) is 0 Å². The molecule has 3 aromatic carbocycles. The summed E-state index contributed by atoms with van der Waals surface area (Å²) in [4.78, 5) is 10.6. The van der Waals surface area contributed by atoms with Gasteiger partial charge in [-0.15, -0.1) is 13.2 Å². The molecule has 0 saturated carbocycles. The number of nitrogens with one attached hydrogen (secondary N) is 1. The number of rotatable bonds is 8. The van der Waals surface area contributed by atoms with E-state index in [1.54, 1.807) is 30.3 Å². The van der Waals surface area contributed by atoms with Crippen LogP contribution in [0.5, 0.6) is 5.75 Å². The summed E-state index contributed by atoms with van der Waals surface area (Å²) in [6, 6.07) is 17.4. The highest BCUT2D eigenvalue weighted by molar-refractivity contribution is 7.92. The van der Waals surface area contributed by atoms with Crippen LogP contribution < -0.4 is 9.46 Å². The molecule has 168 valence electrons. The molecule has 0 saturated heterocycles. The maximum Gasteiger partial charge on any atom is 0.573 e. The summed E-state index contributed by atoms with van der Waals surface area (Å²) in [5, 5.41) is 9.25. The summed E-state index contributed by atoms with van der Waals surface area (Å²) in [6.45, 7) is 0. The lowest BCUT2D eigenvalue weighted by atomic mass is 10.00. The smallest absolute Gasteiger partial charge is 0.478 e. The van der Waals surface area contributed by atoms with Gasteiger partial charge in [-0.25, -0.2) is 13.2 Å². The molecule has 10 heteroatoms. The first-order chi connectivity index (χ1) is 15.0. The molecule has 0 bridgehead atoms. The van der Waals surface area contributed by atoms with Crippen LogP contribution in [0.15, 0.2) is 77.7 Å².